The van der Waals surface area contributed by atoms with Gasteiger partial charge in [-0.15, -0.1) is 4.37 Å². The molecule has 0 bridgehead atoms. The first kappa shape index (κ1) is 11.9. The Morgan fingerprint density at radius 2 is 2.37 bits per heavy atom. The van der Waals surface area contributed by atoms with E-state index in [1.807, 2.05) is 0 Å². The summed E-state index contributed by atoms with van der Waals surface area (Å²) in [5.41, 5.74) is 1.90. The van der Waals surface area contributed by atoms with Crippen molar-refractivity contribution in [2.24, 2.45) is 0 Å². The van der Waals surface area contributed by atoms with Gasteiger partial charge in [-0.3, -0.25) is 0 Å². The van der Waals surface area contributed by atoms with Crippen molar-refractivity contribution in [1.82, 2.24) is 13.6 Å². The molecule has 106 valence electrons. The fraction of sp³-hybridized carbons (Fsp3) is 0.714. The van der Waals surface area contributed by atoms with Crippen molar-refractivity contribution < 1.29 is 7.48 Å². The van der Waals surface area contributed by atoms with Crippen molar-refractivity contribution in [1.29, 1.82) is 0 Å². The van der Waals surface area contributed by atoms with Crippen LogP contribution in [0.15, 0.2) is 6.08 Å². The Bertz CT molecular complexity index is 490. The summed E-state index contributed by atoms with van der Waals surface area (Å²) < 4.78 is 30.0. The van der Waals surface area contributed by atoms with Crippen LogP contribution in [0.25, 0.3) is 5.57 Å². The van der Waals surface area contributed by atoms with Crippen LogP contribution in [-0.2, 0) is 0 Å². The fourth-order valence-electron chi connectivity index (χ4n) is 2.03. The molecule has 0 saturated heterocycles. The molecule has 0 atom stereocenters. The molecule has 0 N–H and O–H groups in total. The second kappa shape index (κ2) is 7.60. The highest BCUT2D eigenvalue weighted by Gasteiger charge is 2.18. The van der Waals surface area contributed by atoms with E-state index in [4.69, 9.17) is 7.48 Å². The molecule has 4 nitrogen and oxygen atoms in total. The number of nitrogens with zero attached hydrogens (tertiary/aromatic N) is 3. The molecular formula is C14H23N3OS. The minimum absolute atomic E-state index is 0.0362. The van der Waals surface area contributed by atoms with E-state index in [0.717, 1.165) is 55.3 Å². The summed E-state index contributed by atoms with van der Waals surface area (Å²) >= 11 is 1.12. The average molecular weight is 283 g/mol. The highest BCUT2D eigenvalue weighted by atomic mass is 32.1. The lowest BCUT2D eigenvalue weighted by Crippen LogP contribution is -2.25. The van der Waals surface area contributed by atoms with Crippen LogP contribution in [0.4, 0.5) is 0 Å². The minimum atomic E-state index is -1.31. The molecule has 0 saturated carbocycles. The minimum Gasteiger partial charge on any atom is -0.475 e. The SMILES string of the molecule is [2H]C([2H])(CCCC)COc1nsnc1C1=CCCN(C)C1. The van der Waals surface area contributed by atoms with Gasteiger partial charge in [0.25, 0.3) is 5.88 Å². The predicted octanol–water partition coefficient (Wildman–Crippen LogP) is 3.22. The standard InChI is InChI=1S/C14H23N3OS/c1-3-4-5-6-10-18-14-13(15-19-16-14)12-8-7-9-17(2)11-12/h8H,3-7,9-11H2,1-2H3/i6D2. The molecule has 0 unspecified atom stereocenters. The fourth-order valence-corrected chi connectivity index (χ4v) is 2.56. The Kier molecular flexibility index (Phi) is 4.74. The first-order valence-corrected chi connectivity index (χ1v) is 7.58. The highest BCUT2D eigenvalue weighted by Crippen LogP contribution is 2.27. The molecule has 1 aromatic rings. The van der Waals surface area contributed by atoms with E-state index in [9.17, 15) is 0 Å². The first-order chi connectivity index (χ1) is 10.0. The maximum absolute atomic E-state index is 7.95. The van der Waals surface area contributed by atoms with Gasteiger partial charge >= 0.3 is 0 Å². The molecule has 1 aliphatic heterocycles. The lowest BCUT2D eigenvalue weighted by atomic mass is 10.1. The molecule has 2 heterocycles. The number of rotatable bonds is 7. The molecule has 5 heteroatoms. The number of hydrogen-bond donors (Lipinski definition) is 0. The molecule has 0 aliphatic carbocycles. The Balaban J connectivity index is 1.99. The van der Waals surface area contributed by atoms with Crippen molar-refractivity contribution in [2.75, 3.05) is 26.7 Å². The second-order valence-electron chi connectivity index (χ2n) is 4.82. The van der Waals surface area contributed by atoms with Gasteiger partial charge in [-0.25, -0.2) is 0 Å². The third-order valence-corrected chi connectivity index (χ3v) is 3.63. The maximum atomic E-state index is 7.95. The highest BCUT2D eigenvalue weighted by molar-refractivity contribution is 6.99. The largest absolute Gasteiger partial charge is 0.475 e. The molecule has 0 spiro atoms. The molecular weight excluding hydrogens is 258 g/mol. The van der Waals surface area contributed by atoms with Gasteiger partial charge in [-0.05, 0) is 25.4 Å². The van der Waals surface area contributed by atoms with Crippen molar-refractivity contribution in [2.45, 2.75) is 39.0 Å². The molecule has 1 aliphatic rings. The van der Waals surface area contributed by atoms with Crippen molar-refractivity contribution in [3.05, 3.63) is 11.8 Å². The van der Waals surface area contributed by atoms with E-state index in [1.165, 1.54) is 0 Å². The van der Waals surface area contributed by atoms with Crippen molar-refractivity contribution in [3.8, 4) is 5.88 Å². The monoisotopic (exact) mass is 283 g/mol. The van der Waals surface area contributed by atoms with Crippen molar-refractivity contribution in [3.63, 3.8) is 0 Å². The van der Waals surface area contributed by atoms with Gasteiger partial charge in [0.05, 0.1) is 18.3 Å². The lowest BCUT2D eigenvalue weighted by molar-refractivity contribution is 0.294. The summed E-state index contributed by atoms with van der Waals surface area (Å²) in [4.78, 5) is 2.24. The molecule has 0 amide bonds. The number of ether oxygens (including phenoxy) is 1. The summed E-state index contributed by atoms with van der Waals surface area (Å²) in [6.07, 6.45) is 4.24. The van der Waals surface area contributed by atoms with Gasteiger partial charge in [-0.1, -0.05) is 32.3 Å². The quantitative estimate of drug-likeness (QED) is 0.770. The molecule has 19 heavy (non-hydrogen) atoms. The van der Waals surface area contributed by atoms with Gasteiger partial charge in [0.2, 0.25) is 0 Å². The Hall–Kier alpha value is -0.940. The normalized spacial score (nSPS) is 18.7. The second-order valence-corrected chi connectivity index (χ2v) is 5.34. The van der Waals surface area contributed by atoms with E-state index in [-0.39, 0.29) is 6.61 Å². The van der Waals surface area contributed by atoms with Gasteiger partial charge in [-0.2, -0.15) is 4.37 Å². The Morgan fingerprint density at radius 3 is 3.16 bits per heavy atom. The number of unbranched alkanes of at least 4 members (excludes halogenated alkanes) is 1. The van der Waals surface area contributed by atoms with Crippen LogP contribution >= 0.6 is 11.7 Å². The predicted molar refractivity (Wildman–Crippen MR) is 79.6 cm³/mol. The maximum Gasteiger partial charge on any atom is 0.253 e. The van der Waals surface area contributed by atoms with E-state index in [1.54, 1.807) is 0 Å². The summed E-state index contributed by atoms with van der Waals surface area (Å²) in [6.45, 7) is 3.99. The molecule has 0 aromatic carbocycles. The third-order valence-electron chi connectivity index (χ3n) is 3.12. The summed E-state index contributed by atoms with van der Waals surface area (Å²) in [6, 6.07) is 0. The first-order valence-electron chi connectivity index (χ1n) is 7.85. The molecule has 0 fully saturated rings. The Labute approximate surface area is 122 Å². The summed E-state index contributed by atoms with van der Waals surface area (Å²) in [5.74, 6) is 0.474. The number of hydrogen-bond acceptors (Lipinski definition) is 5. The molecule has 1 aromatic heterocycles. The van der Waals surface area contributed by atoms with Crippen LogP contribution in [0.3, 0.4) is 0 Å². The smallest absolute Gasteiger partial charge is 0.253 e. The lowest BCUT2D eigenvalue weighted by Gasteiger charge is -2.22. The van der Waals surface area contributed by atoms with Gasteiger partial charge in [0.15, 0.2) is 0 Å². The summed E-state index contributed by atoms with van der Waals surface area (Å²) in [7, 11) is 2.08. The summed E-state index contributed by atoms with van der Waals surface area (Å²) in [5, 5.41) is 0. The zero-order valence-corrected chi connectivity index (χ0v) is 12.5. The van der Waals surface area contributed by atoms with E-state index >= 15 is 0 Å². The van der Waals surface area contributed by atoms with Gasteiger partial charge in [0, 0.05) is 15.8 Å². The van der Waals surface area contributed by atoms with Crippen LogP contribution < -0.4 is 4.74 Å². The van der Waals surface area contributed by atoms with Gasteiger partial charge in [0.1, 0.15) is 5.69 Å². The van der Waals surface area contributed by atoms with Crippen molar-refractivity contribution >= 4 is 17.3 Å². The zero-order chi connectivity index (χ0) is 15.3. The van der Waals surface area contributed by atoms with E-state index in [2.05, 4.69) is 33.7 Å². The van der Waals surface area contributed by atoms with Crippen LogP contribution in [0.2, 0.25) is 0 Å². The van der Waals surface area contributed by atoms with Crippen LogP contribution in [0.1, 0.15) is 47.4 Å². The molecule has 2 rings (SSSR count). The number of likely N-dealkylation sites (N-methyl/N-ethyl adjacent to an activating group) is 1. The van der Waals surface area contributed by atoms with E-state index in [0.29, 0.717) is 12.3 Å². The van der Waals surface area contributed by atoms with Crippen LogP contribution in [-0.4, -0.2) is 40.4 Å². The van der Waals surface area contributed by atoms with Gasteiger partial charge < -0.3 is 9.64 Å². The average Bonchev–Trinajstić information content (AvgIpc) is 2.92. The zero-order valence-electron chi connectivity index (χ0n) is 13.7. The Morgan fingerprint density at radius 1 is 1.47 bits per heavy atom. The third kappa shape index (κ3) is 4.28. The topological polar surface area (TPSA) is 38.3 Å². The van der Waals surface area contributed by atoms with E-state index < -0.39 is 6.37 Å². The molecule has 0 radical (unpaired) electrons. The van der Waals surface area contributed by atoms with Crippen LogP contribution in [0, 0.1) is 0 Å². The number of aromatic nitrogens is 2. The van der Waals surface area contributed by atoms with Crippen LogP contribution in [0.5, 0.6) is 5.88 Å².